The molecule has 0 amide bonds. The minimum absolute atomic E-state index is 0.0513. The first-order valence-electron chi connectivity index (χ1n) is 35.1. The summed E-state index contributed by atoms with van der Waals surface area (Å²) in [6.07, 6.45) is 0. The molecule has 4 nitrogen and oxygen atoms in total. The van der Waals surface area contributed by atoms with Crippen LogP contribution in [-0.4, -0.2) is 20.1 Å². The van der Waals surface area contributed by atoms with Gasteiger partial charge < -0.3 is 19.6 Å². The molecule has 0 saturated carbocycles. The summed E-state index contributed by atoms with van der Waals surface area (Å²) in [4.78, 5) is 16.2. The minimum atomic E-state index is -0.120. The van der Waals surface area contributed by atoms with Crippen LogP contribution in [0.15, 0.2) is 171 Å². The predicted octanol–water partition coefficient (Wildman–Crippen LogP) is 18.2. The fourth-order valence-corrected chi connectivity index (χ4v) is 19.9. The average molecular weight is 1300 g/mol. The molecule has 0 N–H and O–H groups in total. The summed E-state index contributed by atoms with van der Waals surface area (Å²) < 4.78 is 0. The van der Waals surface area contributed by atoms with Gasteiger partial charge in [0, 0.05) is 87.8 Å². The Bertz CT molecular complexity index is 4930. The zero-order valence-electron chi connectivity index (χ0n) is 60.3. The third kappa shape index (κ3) is 9.22. The van der Waals surface area contributed by atoms with Crippen LogP contribution >= 0.6 is 23.5 Å². The van der Waals surface area contributed by atoms with Crippen molar-refractivity contribution in [3.63, 3.8) is 0 Å². The summed E-state index contributed by atoms with van der Waals surface area (Å²) in [7, 11) is 0. The molecule has 97 heavy (non-hydrogen) atoms. The molecule has 0 unspecified atom stereocenters. The number of fused-ring (bicyclic) bond motifs is 14. The quantitative estimate of drug-likeness (QED) is 0.153. The fraction of sp³-hybridized carbons (Fsp3) is 0.250. The van der Waals surface area contributed by atoms with E-state index < -0.39 is 0 Å². The topological polar surface area (TPSA) is 13.0 Å². The Morgan fingerprint density at radius 1 is 0.278 bits per heavy atom. The van der Waals surface area contributed by atoms with Crippen molar-refractivity contribution in [3.8, 4) is 0 Å². The van der Waals surface area contributed by atoms with Gasteiger partial charge in [0.25, 0.3) is 6.71 Å². The van der Waals surface area contributed by atoms with E-state index in [1.165, 1.54) is 226 Å². The summed E-state index contributed by atoms with van der Waals surface area (Å²) in [5.74, 6) is 0. The van der Waals surface area contributed by atoms with Crippen LogP contribution in [0.25, 0.3) is 0 Å². The second-order valence-electron chi connectivity index (χ2n) is 31.8. The number of benzene rings is 11. The second-order valence-corrected chi connectivity index (χ2v) is 34.0. The molecule has 0 aliphatic carbocycles. The van der Waals surface area contributed by atoms with Crippen molar-refractivity contribution in [2.75, 3.05) is 19.6 Å². The van der Waals surface area contributed by atoms with E-state index in [4.69, 9.17) is 0 Å². The van der Waals surface area contributed by atoms with E-state index in [-0.39, 0.29) is 31.0 Å². The van der Waals surface area contributed by atoms with Crippen LogP contribution in [0.3, 0.4) is 0 Å². The molecule has 478 valence electrons. The van der Waals surface area contributed by atoms with Gasteiger partial charge in [-0.3, -0.25) is 0 Å². The van der Waals surface area contributed by atoms with Crippen molar-refractivity contribution >= 4 is 161 Å². The zero-order chi connectivity index (χ0) is 67.8. The van der Waals surface area contributed by atoms with E-state index in [9.17, 15) is 0 Å². The third-order valence-electron chi connectivity index (χ3n) is 23.0. The summed E-state index contributed by atoms with van der Waals surface area (Å²) >= 11 is 3.95. The van der Waals surface area contributed by atoms with Crippen molar-refractivity contribution in [1.29, 1.82) is 0 Å². The SMILES string of the molecule is Cc1ccc2c(c1)Sc1cc(N(c3cc(C)c(C)cc3C)c3cc(C)c(C)cc3C)cc3c1B2c1cc2c4c5c1N3c1cc(C(C)(C)C)ccc1B5c1ccc(C(C)(C)C)cc1N4c1cc(N(c3cc(C)c(C)cc3C)c3cc(C)c(C)cc3C)cc3c1B2c1ccc(C)cc1S3. The van der Waals surface area contributed by atoms with Crippen LogP contribution in [0.2, 0.25) is 0 Å². The normalized spacial score (nSPS) is 14.0. The van der Waals surface area contributed by atoms with Gasteiger partial charge in [-0.1, -0.05) is 166 Å². The van der Waals surface area contributed by atoms with Gasteiger partial charge in [-0.25, -0.2) is 0 Å². The van der Waals surface area contributed by atoms with E-state index >= 15 is 0 Å². The minimum Gasteiger partial charge on any atom is -0.312 e. The molecular weight excluding hydrogens is 1210 g/mol. The number of anilines is 12. The van der Waals surface area contributed by atoms with E-state index in [2.05, 4.69) is 310 Å². The molecule has 0 saturated heterocycles. The summed E-state index contributed by atoms with van der Waals surface area (Å²) in [5, 5.41) is 0. The van der Waals surface area contributed by atoms with Crippen LogP contribution in [0.1, 0.15) is 131 Å². The van der Waals surface area contributed by atoms with E-state index in [0.717, 1.165) is 0 Å². The lowest BCUT2D eigenvalue weighted by Gasteiger charge is -2.52. The highest BCUT2D eigenvalue weighted by Gasteiger charge is 2.55. The number of aryl methyl sites for hydroxylation is 14. The third-order valence-corrected chi connectivity index (χ3v) is 25.3. The molecule has 9 heteroatoms. The molecule has 11 aromatic carbocycles. The van der Waals surface area contributed by atoms with Gasteiger partial charge in [0.15, 0.2) is 0 Å². The number of hydrogen-bond donors (Lipinski definition) is 0. The molecule has 0 aromatic heterocycles. The first-order chi connectivity index (χ1) is 46.1. The van der Waals surface area contributed by atoms with Crippen molar-refractivity contribution in [2.45, 2.75) is 169 Å². The van der Waals surface area contributed by atoms with E-state index in [0.29, 0.717) is 0 Å². The van der Waals surface area contributed by atoms with Crippen molar-refractivity contribution in [2.24, 2.45) is 0 Å². The molecule has 17 rings (SSSR count). The molecular formula is C88H85B3N4S2. The smallest absolute Gasteiger partial charge is 0.252 e. The van der Waals surface area contributed by atoms with Crippen LogP contribution < -0.4 is 68.8 Å². The predicted molar refractivity (Wildman–Crippen MR) is 424 cm³/mol. The van der Waals surface area contributed by atoms with Crippen LogP contribution in [0, 0.1) is 96.9 Å². The van der Waals surface area contributed by atoms with Gasteiger partial charge in [0.1, 0.15) is 0 Å². The highest BCUT2D eigenvalue weighted by molar-refractivity contribution is 8.00. The second kappa shape index (κ2) is 21.5. The van der Waals surface area contributed by atoms with Gasteiger partial charge in [-0.15, -0.1) is 0 Å². The Morgan fingerprint density at radius 2 is 0.598 bits per heavy atom. The molecule has 11 aromatic rings. The lowest BCUT2D eigenvalue weighted by atomic mass is 9.26. The maximum Gasteiger partial charge on any atom is 0.252 e. The van der Waals surface area contributed by atoms with Gasteiger partial charge in [-0.05, 0) is 297 Å². The maximum absolute atomic E-state index is 2.81. The maximum atomic E-state index is 2.81. The highest BCUT2D eigenvalue weighted by atomic mass is 32.2. The fourth-order valence-electron chi connectivity index (χ4n) is 17.3. The molecule has 0 fully saturated rings. The molecule has 0 atom stereocenters. The highest BCUT2D eigenvalue weighted by Crippen LogP contribution is 2.54. The monoisotopic (exact) mass is 1290 g/mol. The largest absolute Gasteiger partial charge is 0.312 e. The van der Waals surface area contributed by atoms with Crippen LogP contribution in [0.4, 0.5) is 68.2 Å². The van der Waals surface area contributed by atoms with Crippen LogP contribution in [-0.2, 0) is 10.8 Å². The molecule has 0 bridgehead atoms. The molecule has 6 heterocycles. The van der Waals surface area contributed by atoms with Crippen molar-refractivity contribution in [3.05, 3.63) is 241 Å². The number of hydrogen-bond acceptors (Lipinski definition) is 6. The molecule has 6 aliphatic rings. The average Bonchev–Trinajstić information content (AvgIpc) is 0.660. The first-order valence-corrected chi connectivity index (χ1v) is 36.7. The lowest BCUT2D eigenvalue weighted by Crippen LogP contribution is -2.72. The Morgan fingerprint density at radius 3 is 0.938 bits per heavy atom. The van der Waals surface area contributed by atoms with Gasteiger partial charge in [0.2, 0.25) is 13.4 Å². The lowest BCUT2D eigenvalue weighted by molar-refractivity contribution is 0.590. The van der Waals surface area contributed by atoms with E-state index in [1.807, 2.05) is 23.5 Å². The Kier molecular flexibility index (Phi) is 13.8. The zero-order valence-corrected chi connectivity index (χ0v) is 61.9. The molecule has 6 aliphatic heterocycles. The van der Waals surface area contributed by atoms with Gasteiger partial charge >= 0.3 is 0 Å². The number of nitrogens with zero attached hydrogens (tertiary/aromatic N) is 4. The van der Waals surface area contributed by atoms with E-state index in [1.54, 1.807) is 0 Å². The van der Waals surface area contributed by atoms with Gasteiger partial charge in [-0.2, -0.15) is 0 Å². The Hall–Kier alpha value is -8.49. The molecule has 0 radical (unpaired) electrons. The first kappa shape index (κ1) is 62.1. The van der Waals surface area contributed by atoms with Crippen molar-refractivity contribution < 1.29 is 0 Å². The Balaban J connectivity index is 1.03. The summed E-state index contributed by atoms with van der Waals surface area (Å²) in [6, 6.07) is 62.5. The van der Waals surface area contributed by atoms with Crippen LogP contribution in [0.5, 0.6) is 0 Å². The standard InChI is InChI=1S/C88H85B3N4S2/c1-46-21-25-66-78(29-46)96-80-43-62(92(70-35-52(7)48(3)31-56(70)11)71-36-53(8)49(4)32-57(71)12)41-76-82(80)90(66)68-45-69-86-84-85(68)94(76)74-39-60(87(15,16)17)23-27-64(74)89(84)65-28-24-61(88(18,19)20)40-75(65)95(86)77-42-63(44-81-83(77)91(69)67-26-22-47(2)30-79(67)97-81)93(72-37-54(9)50(5)33-58(72)13)73-38-55(10)51(6)34-59(73)14/h21-45H,1-20H3. The van der Waals surface area contributed by atoms with Crippen molar-refractivity contribution in [1.82, 2.24) is 0 Å². The van der Waals surface area contributed by atoms with Gasteiger partial charge in [0.05, 0.1) is 0 Å². The molecule has 0 spiro atoms. The summed E-state index contributed by atoms with van der Waals surface area (Å²) in [6.45, 7) is 46.1. The number of rotatable bonds is 6. The Labute approximate surface area is 586 Å². The summed E-state index contributed by atoms with van der Waals surface area (Å²) in [5.41, 5.74) is 47.8.